The molecule has 0 aromatic rings. The Kier molecular flexibility index (Phi) is 5.41. The van der Waals surface area contributed by atoms with Crippen LogP contribution in [-0.4, -0.2) is 52.7 Å². The first-order valence-corrected chi connectivity index (χ1v) is 8.11. The highest BCUT2D eigenvalue weighted by Gasteiger charge is 2.53. The third-order valence-corrected chi connectivity index (χ3v) is 5.19. The lowest BCUT2D eigenvalue weighted by molar-refractivity contribution is -0.162. The van der Waals surface area contributed by atoms with Crippen molar-refractivity contribution in [1.82, 2.24) is 5.32 Å². The largest absolute Gasteiger partial charge is 0.451 e. The Labute approximate surface area is 135 Å². The van der Waals surface area contributed by atoms with Crippen molar-refractivity contribution in [3.05, 3.63) is 0 Å². The highest BCUT2D eigenvalue weighted by Crippen LogP contribution is 2.50. The maximum absolute atomic E-state index is 12.0. The third-order valence-electron chi connectivity index (χ3n) is 5.19. The number of hydrogen-bond donors (Lipinski definition) is 3. The van der Waals surface area contributed by atoms with Crippen LogP contribution in [0.15, 0.2) is 0 Å². The molecule has 7 nitrogen and oxygen atoms in total. The van der Waals surface area contributed by atoms with Crippen molar-refractivity contribution >= 4 is 18.2 Å². The zero-order valence-corrected chi connectivity index (χ0v) is 13.5. The quantitative estimate of drug-likeness (QED) is 0.459. The molecule has 2 bridgehead atoms. The molecule has 2 rings (SSSR count). The fraction of sp³-hybridized carbons (Fsp3) is 0.812. The molecule has 0 heterocycles. The highest BCUT2D eigenvalue weighted by atomic mass is 16.6. The lowest BCUT2D eigenvalue weighted by Gasteiger charge is -2.41. The number of rotatable bonds is 6. The molecular weight excluding hydrogens is 302 g/mol. The number of fused-ring (bicyclic) bond motifs is 2. The van der Waals surface area contributed by atoms with Crippen LogP contribution in [0, 0.1) is 17.8 Å². The number of hydrogen-bond acceptors (Lipinski definition) is 6. The van der Waals surface area contributed by atoms with Gasteiger partial charge in [-0.25, -0.2) is 4.79 Å². The smallest absolute Gasteiger partial charge is 0.335 e. The molecule has 2 aliphatic carbocycles. The summed E-state index contributed by atoms with van der Waals surface area (Å²) < 4.78 is 4.82. The van der Waals surface area contributed by atoms with E-state index in [0.29, 0.717) is 12.8 Å². The molecule has 3 unspecified atom stereocenters. The topological polar surface area (TPSA) is 113 Å². The van der Waals surface area contributed by atoms with Crippen molar-refractivity contribution in [2.75, 3.05) is 6.54 Å². The van der Waals surface area contributed by atoms with Crippen LogP contribution in [0.5, 0.6) is 0 Å². The van der Waals surface area contributed by atoms with E-state index >= 15 is 0 Å². The number of carbonyl (C=O) groups excluding carboxylic acids is 3. The van der Waals surface area contributed by atoms with Gasteiger partial charge >= 0.3 is 5.97 Å². The van der Waals surface area contributed by atoms with E-state index in [-0.39, 0.29) is 24.3 Å². The zero-order valence-electron chi connectivity index (χ0n) is 13.5. The van der Waals surface area contributed by atoms with Crippen LogP contribution >= 0.6 is 0 Å². The van der Waals surface area contributed by atoms with Gasteiger partial charge in [0.05, 0.1) is 5.60 Å². The van der Waals surface area contributed by atoms with Gasteiger partial charge in [-0.1, -0.05) is 0 Å². The molecule has 130 valence electrons. The lowest BCUT2D eigenvalue weighted by Crippen LogP contribution is -2.54. The van der Waals surface area contributed by atoms with E-state index in [1.54, 1.807) is 0 Å². The van der Waals surface area contributed by atoms with E-state index in [1.165, 1.54) is 13.8 Å². The minimum Gasteiger partial charge on any atom is -0.451 e. The first-order valence-electron chi connectivity index (χ1n) is 8.11. The third kappa shape index (κ3) is 3.72. The second-order valence-corrected chi connectivity index (χ2v) is 6.80. The van der Waals surface area contributed by atoms with Crippen molar-refractivity contribution in [3.63, 3.8) is 0 Å². The van der Waals surface area contributed by atoms with E-state index < -0.39 is 29.7 Å². The predicted molar refractivity (Wildman–Crippen MR) is 80.2 cm³/mol. The molecule has 2 fully saturated rings. The Morgan fingerprint density at radius 1 is 1.30 bits per heavy atom. The SMILES string of the molecule is C[C@H](O)C(=O)O[C@@H](C)C(=O)NCC1(O)C2CC[C@H]1CC(C=O)C2. The molecular formula is C16H25NO6. The minimum absolute atomic E-state index is 0.00519. The molecule has 2 saturated carbocycles. The predicted octanol–water partition coefficient (Wildman–Crippen LogP) is -0.219. The molecule has 1 amide bonds. The molecule has 0 aromatic heterocycles. The average Bonchev–Trinajstić information content (AvgIpc) is 2.69. The van der Waals surface area contributed by atoms with Crippen molar-refractivity contribution in [3.8, 4) is 0 Å². The summed E-state index contributed by atoms with van der Waals surface area (Å²) in [7, 11) is 0. The van der Waals surface area contributed by atoms with Gasteiger partial charge in [0, 0.05) is 12.5 Å². The normalized spacial score (nSPS) is 35.2. The fourth-order valence-electron chi connectivity index (χ4n) is 3.81. The summed E-state index contributed by atoms with van der Waals surface area (Å²) in [6, 6.07) is 0. The van der Waals surface area contributed by atoms with E-state index in [4.69, 9.17) is 9.84 Å². The molecule has 0 aliphatic heterocycles. The Morgan fingerprint density at radius 3 is 2.35 bits per heavy atom. The molecule has 6 atom stereocenters. The average molecular weight is 327 g/mol. The summed E-state index contributed by atoms with van der Waals surface area (Å²) in [6.07, 6.45) is 1.65. The van der Waals surface area contributed by atoms with Crippen LogP contribution in [0.1, 0.15) is 39.5 Å². The Hall–Kier alpha value is -1.47. The van der Waals surface area contributed by atoms with Gasteiger partial charge in [-0.05, 0) is 51.4 Å². The zero-order chi connectivity index (χ0) is 17.2. The van der Waals surface area contributed by atoms with Crippen LogP contribution in [0.4, 0.5) is 0 Å². The first kappa shape index (κ1) is 17.9. The van der Waals surface area contributed by atoms with Gasteiger partial charge < -0.3 is 25.1 Å². The van der Waals surface area contributed by atoms with Crippen LogP contribution in [0.25, 0.3) is 0 Å². The number of aliphatic hydroxyl groups is 2. The second-order valence-electron chi connectivity index (χ2n) is 6.80. The van der Waals surface area contributed by atoms with Gasteiger partial charge in [0.25, 0.3) is 5.91 Å². The van der Waals surface area contributed by atoms with E-state index in [0.717, 1.165) is 19.1 Å². The molecule has 0 radical (unpaired) electrons. The molecule has 0 spiro atoms. The molecule has 23 heavy (non-hydrogen) atoms. The second kappa shape index (κ2) is 6.97. The number of nitrogens with one attached hydrogen (secondary N) is 1. The maximum atomic E-state index is 12.0. The summed E-state index contributed by atoms with van der Waals surface area (Å²) in [5.74, 6) is -1.37. The molecule has 0 aromatic carbocycles. The Morgan fingerprint density at radius 2 is 1.87 bits per heavy atom. The number of aldehydes is 1. The summed E-state index contributed by atoms with van der Waals surface area (Å²) in [4.78, 5) is 34.3. The number of amides is 1. The van der Waals surface area contributed by atoms with Crippen LogP contribution in [-0.2, 0) is 19.1 Å². The van der Waals surface area contributed by atoms with Gasteiger partial charge in [-0.15, -0.1) is 0 Å². The van der Waals surface area contributed by atoms with Crippen molar-refractivity contribution in [1.29, 1.82) is 0 Å². The van der Waals surface area contributed by atoms with Gasteiger partial charge in [0.2, 0.25) is 0 Å². The van der Waals surface area contributed by atoms with E-state index in [9.17, 15) is 19.5 Å². The van der Waals surface area contributed by atoms with Crippen LogP contribution < -0.4 is 5.32 Å². The number of aliphatic hydroxyl groups excluding tert-OH is 1. The first-order chi connectivity index (χ1) is 10.8. The standard InChI is InChI=1S/C16H25NO6/c1-9(19)15(21)23-10(2)14(20)17-8-16(22)12-3-4-13(16)6-11(5-12)7-18/h7,9-13,19,22H,3-6,8H2,1-2H3,(H,17,20)/t9-,10-,11?,12-,13?,16?/m0/s1. The number of esters is 1. The summed E-state index contributed by atoms with van der Waals surface area (Å²) in [6.45, 7) is 2.76. The van der Waals surface area contributed by atoms with Crippen molar-refractivity contribution in [2.45, 2.75) is 57.3 Å². The lowest BCUT2D eigenvalue weighted by atomic mass is 9.70. The van der Waals surface area contributed by atoms with Crippen LogP contribution in [0.3, 0.4) is 0 Å². The maximum Gasteiger partial charge on any atom is 0.335 e. The Bertz CT molecular complexity index is 463. The fourth-order valence-corrected chi connectivity index (χ4v) is 3.81. The molecule has 2 aliphatic rings. The number of carbonyl (C=O) groups is 3. The summed E-state index contributed by atoms with van der Waals surface area (Å²) in [5.41, 5.74) is -0.997. The van der Waals surface area contributed by atoms with Crippen molar-refractivity contribution < 1.29 is 29.3 Å². The van der Waals surface area contributed by atoms with E-state index in [2.05, 4.69) is 5.32 Å². The van der Waals surface area contributed by atoms with Gasteiger partial charge in [0.15, 0.2) is 6.10 Å². The molecule has 7 heteroatoms. The minimum atomic E-state index is -1.29. The summed E-state index contributed by atoms with van der Waals surface area (Å²) in [5, 5.41) is 22.6. The highest BCUT2D eigenvalue weighted by molar-refractivity contribution is 5.84. The van der Waals surface area contributed by atoms with Gasteiger partial charge in [-0.3, -0.25) is 4.79 Å². The van der Waals surface area contributed by atoms with Gasteiger partial charge in [0.1, 0.15) is 12.4 Å². The van der Waals surface area contributed by atoms with Crippen molar-refractivity contribution in [2.24, 2.45) is 17.8 Å². The molecule has 3 N–H and O–H groups in total. The van der Waals surface area contributed by atoms with Crippen LogP contribution in [0.2, 0.25) is 0 Å². The monoisotopic (exact) mass is 327 g/mol. The number of ether oxygens (including phenoxy) is 1. The van der Waals surface area contributed by atoms with Gasteiger partial charge in [-0.2, -0.15) is 0 Å². The summed E-state index contributed by atoms with van der Waals surface area (Å²) >= 11 is 0. The van der Waals surface area contributed by atoms with E-state index in [1.807, 2.05) is 0 Å². The molecule has 0 saturated heterocycles. The Balaban J connectivity index is 1.89.